The van der Waals surface area contributed by atoms with E-state index in [1.165, 1.54) is 0 Å². The van der Waals surface area contributed by atoms with Crippen LogP contribution in [-0.2, 0) is 4.74 Å². The van der Waals surface area contributed by atoms with E-state index in [4.69, 9.17) is 21.9 Å². The van der Waals surface area contributed by atoms with E-state index in [0.717, 1.165) is 4.47 Å². The van der Waals surface area contributed by atoms with E-state index >= 15 is 0 Å². The minimum Gasteiger partial charge on any atom is -0.455 e. The predicted molar refractivity (Wildman–Crippen MR) is 157 cm³/mol. The van der Waals surface area contributed by atoms with Gasteiger partial charge in [0.15, 0.2) is 0 Å². The molecule has 0 saturated heterocycles. The van der Waals surface area contributed by atoms with Crippen LogP contribution in [0, 0.1) is 0 Å². The highest BCUT2D eigenvalue weighted by atomic mass is 79.9. The number of nitrogen functional groups attached to an aromatic ring is 2. The largest absolute Gasteiger partial charge is 0.455 e. The quantitative estimate of drug-likeness (QED) is 0.113. The molecule has 17 heteroatoms. The molecule has 0 radical (unpaired) electrons. The summed E-state index contributed by atoms with van der Waals surface area (Å²) in [5, 5.41) is 2.80. The molecule has 4 rings (SSSR count). The van der Waals surface area contributed by atoms with Gasteiger partial charge in [0.1, 0.15) is 40.5 Å². The minimum atomic E-state index is -0.826. The molecular weight excluding hydrogens is 772 g/mol. The van der Waals surface area contributed by atoms with Crippen molar-refractivity contribution in [3.8, 4) is 0 Å². The van der Waals surface area contributed by atoms with Crippen molar-refractivity contribution in [2.45, 2.75) is 12.0 Å². The molecule has 4 aromatic heterocycles. The second kappa shape index (κ2) is 12.5. The third kappa shape index (κ3) is 6.84. The standard InChI is InChI=1S/C22H22Br4N10O3/c23-8-4-11(32-17(8)25)19(37)30-3-1-2-10-16(36-22(29)34-10)15(13-7-31-21(28)35-13)14(6-27)39-20(38)12-5-9(24)18(26)33-12/h1-2,4-5,7,14-15,32-33H,3,6,27H2,(H,30,37)(H3,28,31,35)(H3,29,34,36)/p+2/b2-1+/t14-,15-/m1/s1. The molecule has 0 spiro atoms. The summed E-state index contributed by atoms with van der Waals surface area (Å²) in [6.45, 7) is 0.211. The lowest BCUT2D eigenvalue weighted by atomic mass is 9.93. The molecule has 1 amide bonds. The maximum absolute atomic E-state index is 13.0. The van der Waals surface area contributed by atoms with Crippen LogP contribution >= 0.6 is 63.7 Å². The summed E-state index contributed by atoms with van der Waals surface area (Å²) in [4.78, 5) is 43.3. The number of carbonyl (C=O) groups excluding carboxylic acids is 2. The van der Waals surface area contributed by atoms with Crippen molar-refractivity contribution < 1.29 is 24.3 Å². The Bertz CT molecular complexity index is 1480. The van der Waals surface area contributed by atoms with Gasteiger partial charge in [-0.2, -0.15) is 0 Å². The van der Waals surface area contributed by atoms with Crippen LogP contribution < -0.4 is 32.5 Å². The lowest BCUT2D eigenvalue weighted by molar-refractivity contribution is -0.361. The monoisotopic (exact) mass is 792 g/mol. The summed E-state index contributed by atoms with van der Waals surface area (Å²) < 4.78 is 8.52. The number of rotatable bonds is 10. The predicted octanol–water partition coefficient (Wildman–Crippen LogP) is 2.60. The Hall–Kier alpha value is -2.86. The first-order valence-electron chi connectivity index (χ1n) is 11.3. The van der Waals surface area contributed by atoms with Crippen molar-refractivity contribution in [3.05, 3.63) is 71.0 Å². The number of carbonyl (C=O) groups is 2. The van der Waals surface area contributed by atoms with Crippen molar-refractivity contribution in [1.29, 1.82) is 0 Å². The molecule has 4 heterocycles. The minimum absolute atomic E-state index is 0.0161. The van der Waals surface area contributed by atoms with Gasteiger partial charge >= 0.3 is 17.9 Å². The zero-order valence-corrected chi connectivity index (χ0v) is 26.3. The van der Waals surface area contributed by atoms with Gasteiger partial charge < -0.3 is 25.8 Å². The van der Waals surface area contributed by atoms with Crippen molar-refractivity contribution in [3.63, 3.8) is 0 Å². The van der Waals surface area contributed by atoms with Gasteiger partial charge in [-0.05, 0) is 81.9 Å². The zero-order chi connectivity index (χ0) is 28.3. The Balaban J connectivity index is 1.58. The fourth-order valence-corrected chi connectivity index (χ4v) is 5.15. The number of aromatic amines is 6. The Labute approximate surface area is 255 Å². The molecule has 13 nitrogen and oxygen atoms in total. The molecule has 206 valence electrons. The number of H-pyrrole nitrogens is 6. The van der Waals surface area contributed by atoms with Crippen molar-refractivity contribution in [2.24, 2.45) is 5.73 Å². The van der Waals surface area contributed by atoms with Gasteiger partial charge in [0.25, 0.3) is 5.91 Å². The maximum Gasteiger partial charge on any atom is 0.355 e. The van der Waals surface area contributed by atoms with Crippen LogP contribution in [0.2, 0.25) is 0 Å². The molecule has 0 saturated carbocycles. The molecule has 0 bridgehead atoms. The van der Waals surface area contributed by atoms with Gasteiger partial charge in [0.05, 0.1) is 24.3 Å². The fourth-order valence-electron chi connectivity index (χ4n) is 3.84. The van der Waals surface area contributed by atoms with Gasteiger partial charge in [0.2, 0.25) is 0 Å². The second-order valence-electron chi connectivity index (χ2n) is 8.23. The Morgan fingerprint density at radius 2 is 1.67 bits per heavy atom. The number of halogens is 4. The summed E-state index contributed by atoms with van der Waals surface area (Å²) in [5.74, 6) is -0.929. The highest BCUT2D eigenvalue weighted by molar-refractivity contribution is 9.13. The zero-order valence-electron chi connectivity index (χ0n) is 19.9. The van der Waals surface area contributed by atoms with E-state index in [1.807, 2.05) is 0 Å². The van der Waals surface area contributed by atoms with Gasteiger partial charge in [-0.25, -0.2) is 24.7 Å². The van der Waals surface area contributed by atoms with Crippen LogP contribution in [0.25, 0.3) is 6.08 Å². The highest BCUT2D eigenvalue weighted by Gasteiger charge is 2.36. The first-order chi connectivity index (χ1) is 18.6. The number of aromatic nitrogens is 6. The van der Waals surface area contributed by atoms with Crippen LogP contribution in [0.1, 0.15) is 44.0 Å². The first kappa shape index (κ1) is 29.1. The molecular formula is C22H24Br4N10O3+2. The number of ether oxygens (including phenoxy) is 1. The number of nitrogens with two attached hydrogens (primary N) is 3. The summed E-state index contributed by atoms with van der Waals surface area (Å²) in [6, 6.07) is 3.27. The Morgan fingerprint density at radius 1 is 1.00 bits per heavy atom. The van der Waals surface area contributed by atoms with Gasteiger partial charge in [-0.1, -0.05) is 6.08 Å². The van der Waals surface area contributed by atoms with Crippen molar-refractivity contribution in [2.75, 3.05) is 24.6 Å². The molecule has 0 aliphatic carbocycles. The number of anilines is 2. The normalized spacial score (nSPS) is 13.1. The Kier molecular flexibility index (Phi) is 9.37. The summed E-state index contributed by atoms with van der Waals surface area (Å²) in [6.07, 6.45) is 4.33. The van der Waals surface area contributed by atoms with E-state index in [0.29, 0.717) is 42.4 Å². The van der Waals surface area contributed by atoms with Gasteiger partial charge in [-0.15, -0.1) is 0 Å². The van der Waals surface area contributed by atoms with Gasteiger partial charge in [-0.3, -0.25) is 16.3 Å². The molecule has 0 aliphatic heterocycles. The molecule has 13 N–H and O–H groups in total. The lowest BCUT2D eigenvalue weighted by Crippen LogP contribution is -2.34. The summed E-state index contributed by atoms with van der Waals surface area (Å²) in [7, 11) is 0. The van der Waals surface area contributed by atoms with E-state index in [9.17, 15) is 9.59 Å². The third-order valence-electron chi connectivity index (χ3n) is 5.58. The second-order valence-corrected chi connectivity index (χ2v) is 11.5. The number of hydrogen-bond acceptors (Lipinski definition) is 6. The van der Waals surface area contributed by atoms with E-state index in [1.54, 1.807) is 30.5 Å². The molecule has 0 aromatic carbocycles. The third-order valence-corrected chi connectivity index (χ3v) is 9.15. The van der Waals surface area contributed by atoms with E-state index in [2.05, 4.69) is 98.9 Å². The SMILES string of the molecule is NC[C@@H](OC(=O)c1cc(Br)c(Br)[nH]1)[C@@H](c1c[nH+]c(N)[nH]1)c1[nH]c(N)[nH+]c1/C=C/CNC(=O)c1cc(Br)c(Br)[nH]1. The van der Waals surface area contributed by atoms with Gasteiger partial charge in [0, 0.05) is 13.1 Å². The number of hydrogen-bond donors (Lipinski definition) is 8. The molecule has 2 atom stereocenters. The summed E-state index contributed by atoms with van der Waals surface area (Å²) in [5.41, 5.74) is 20.5. The lowest BCUT2D eigenvalue weighted by Gasteiger charge is -2.22. The number of imidazole rings is 2. The van der Waals surface area contributed by atoms with E-state index in [-0.39, 0.29) is 30.6 Å². The fraction of sp³-hybridized carbons (Fsp3) is 0.182. The maximum atomic E-state index is 13.0. The molecule has 0 unspecified atom stereocenters. The average Bonchev–Trinajstić information content (AvgIpc) is 3.65. The summed E-state index contributed by atoms with van der Waals surface area (Å²) >= 11 is 13.3. The first-order valence-corrected chi connectivity index (χ1v) is 14.4. The smallest absolute Gasteiger partial charge is 0.355 e. The van der Waals surface area contributed by atoms with Crippen molar-refractivity contribution in [1.82, 2.24) is 25.3 Å². The number of nitrogens with one attached hydrogen (secondary N) is 7. The number of amides is 1. The average molecular weight is 796 g/mol. The molecule has 4 aromatic rings. The highest BCUT2D eigenvalue weighted by Crippen LogP contribution is 2.31. The van der Waals surface area contributed by atoms with Crippen LogP contribution in [-0.4, -0.2) is 51.0 Å². The van der Waals surface area contributed by atoms with Crippen LogP contribution in [0.15, 0.2) is 42.6 Å². The molecule has 0 aliphatic rings. The Morgan fingerprint density at radius 3 is 2.23 bits per heavy atom. The van der Waals surface area contributed by atoms with E-state index < -0.39 is 18.0 Å². The molecule has 39 heavy (non-hydrogen) atoms. The topological polar surface area (TPSA) is 225 Å². The van der Waals surface area contributed by atoms with Crippen LogP contribution in [0.3, 0.4) is 0 Å². The van der Waals surface area contributed by atoms with Crippen molar-refractivity contribution >= 4 is 93.6 Å². The van der Waals surface area contributed by atoms with Crippen LogP contribution in [0.4, 0.5) is 11.9 Å². The van der Waals surface area contributed by atoms with Crippen LogP contribution in [0.5, 0.6) is 0 Å². The molecule has 0 fully saturated rings. The number of esters is 1.